The highest BCUT2D eigenvalue weighted by Crippen LogP contribution is 2.37. The Morgan fingerprint density at radius 3 is 2.09 bits per heavy atom. The summed E-state index contributed by atoms with van der Waals surface area (Å²) in [6, 6.07) is 25.2. The van der Waals surface area contributed by atoms with Crippen molar-refractivity contribution in [3.8, 4) is 11.5 Å². The van der Waals surface area contributed by atoms with Gasteiger partial charge in [-0.05, 0) is 68.9 Å². The molecule has 3 aromatic carbocycles. The third kappa shape index (κ3) is 5.03. The van der Waals surface area contributed by atoms with Crippen LogP contribution in [0.1, 0.15) is 29.5 Å². The minimum absolute atomic E-state index is 0.00145. The van der Waals surface area contributed by atoms with Gasteiger partial charge in [0, 0.05) is 18.7 Å². The van der Waals surface area contributed by atoms with E-state index in [2.05, 4.69) is 29.2 Å². The molecule has 0 unspecified atom stereocenters. The van der Waals surface area contributed by atoms with Crippen LogP contribution < -0.4 is 4.90 Å². The predicted octanol–water partition coefficient (Wildman–Crippen LogP) is 6.25. The van der Waals surface area contributed by atoms with E-state index >= 15 is 0 Å². The molecule has 5 rings (SSSR count). The zero-order valence-corrected chi connectivity index (χ0v) is 21.0. The first-order valence-electron chi connectivity index (χ1n) is 12.1. The molecule has 0 amide bonds. The molecule has 5 nitrogen and oxygen atoms in total. The first-order chi connectivity index (χ1) is 16.9. The molecule has 35 heavy (non-hydrogen) atoms. The van der Waals surface area contributed by atoms with Gasteiger partial charge in [0.25, 0.3) is 0 Å². The van der Waals surface area contributed by atoms with Crippen molar-refractivity contribution in [1.82, 2.24) is 4.98 Å². The Balaban J connectivity index is 1.46. The van der Waals surface area contributed by atoms with E-state index in [0.29, 0.717) is 17.7 Å². The van der Waals surface area contributed by atoms with Gasteiger partial charge < -0.3 is 9.32 Å². The van der Waals surface area contributed by atoms with Gasteiger partial charge in [-0.1, -0.05) is 65.7 Å². The highest BCUT2D eigenvalue weighted by Gasteiger charge is 2.33. The molecular weight excluding hydrogens is 456 g/mol. The fraction of sp³-hybridized carbons (Fsp3) is 0.276. The van der Waals surface area contributed by atoms with E-state index in [-0.39, 0.29) is 9.92 Å². The average Bonchev–Trinajstić information content (AvgIpc) is 3.32. The maximum Gasteiger partial charge on any atom is 0.236 e. The maximum absolute atomic E-state index is 13.7. The van der Waals surface area contributed by atoms with Crippen molar-refractivity contribution in [3.05, 3.63) is 95.6 Å². The van der Waals surface area contributed by atoms with Crippen LogP contribution in [0.4, 0.5) is 5.88 Å². The van der Waals surface area contributed by atoms with Gasteiger partial charge in [0.15, 0.2) is 0 Å². The number of benzene rings is 3. The standard InChI is InChI=1S/C29H30N2O3S/c1-21-8-12-25(13-9-21)27-30-28(35(32,33)26-14-10-22(2)11-15-26)29(34-27)31-18-16-24(17-19-31)20-23-6-4-3-5-7-23/h3-15,24H,16-20H2,1-2H3. The Hall–Kier alpha value is -3.38. The van der Waals surface area contributed by atoms with Crippen molar-refractivity contribution in [1.29, 1.82) is 0 Å². The van der Waals surface area contributed by atoms with Crippen LogP contribution in [0.2, 0.25) is 0 Å². The van der Waals surface area contributed by atoms with E-state index < -0.39 is 9.84 Å². The first-order valence-corrected chi connectivity index (χ1v) is 13.6. The molecule has 1 aliphatic rings. The fourth-order valence-electron chi connectivity index (χ4n) is 4.61. The number of sulfone groups is 1. The molecule has 0 N–H and O–H groups in total. The number of aromatic nitrogens is 1. The first kappa shape index (κ1) is 23.4. The molecule has 4 aromatic rings. The molecule has 1 aliphatic heterocycles. The van der Waals surface area contributed by atoms with Crippen LogP contribution in [0.5, 0.6) is 0 Å². The second kappa shape index (κ2) is 9.70. The summed E-state index contributed by atoms with van der Waals surface area (Å²) in [6.45, 7) is 5.41. The number of rotatable bonds is 6. The van der Waals surface area contributed by atoms with Gasteiger partial charge in [-0.3, -0.25) is 0 Å². The molecule has 0 aliphatic carbocycles. The summed E-state index contributed by atoms with van der Waals surface area (Å²) in [5, 5.41) is -0.00145. The van der Waals surface area contributed by atoms with Gasteiger partial charge in [0.05, 0.1) is 4.90 Å². The lowest BCUT2D eigenvalue weighted by Crippen LogP contribution is -2.34. The summed E-state index contributed by atoms with van der Waals surface area (Å²) in [4.78, 5) is 6.82. The summed E-state index contributed by atoms with van der Waals surface area (Å²) in [5.74, 6) is 1.24. The molecule has 180 valence electrons. The van der Waals surface area contributed by atoms with Crippen LogP contribution in [0.25, 0.3) is 11.5 Å². The molecule has 6 heteroatoms. The molecule has 0 spiro atoms. The summed E-state index contributed by atoms with van der Waals surface area (Å²) in [6.07, 6.45) is 2.98. The number of piperidine rings is 1. The molecule has 1 saturated heterocycles. The summed E-state index contributed by atoms with van der Waals surface area (Å²) >= 11 is 0. The maximum atomic E-state index is 13.7. The number of anilines is 1. The summed E-state index contributed by atoms with van der Waals surface area (Å²) < 4.78 is 33.5. The average molecular weight is 487 g/mol. The van der Waals surface area contributed by atoms with Gasteiger partial charge in [0.2, 0.25) is 26.6 Å². The van der Waals surface area contributed by atoms with E-state index in [0.717, 1.165) is 49.0 Å². The lowest BCUT2D eigenvalue weighted by Gasteiger charge is -2.32. The van der Waals surface area contributed by atoms with E-state index in [1.807, 2.05) is 61.2 Å². The summed E-state index contributed by atoms with van der Waals surface area (Å²) in [5.41, 5.74) is 4.23. The van der Waals surface area contributed by atoms with Crippen molar-refractivity contribution in [2.75, 3.05) is 18.0 Å². The molecular formula is C29H30N2O3S. The van der Waals surface area contributed by atoms with Crippen molar-refractivity contribution in [3.63, 3.8) is 0 Å². The van der Waals surface area contributed by atoms with Crippen LogP contribution in [-0.4, -0.2) is 26.5 Å². The van der Waals surface area contributed by atoms with Crippen LogP contribution in [-0.2, 0) is 16.3 Å². The van der Waals surface area contributed by atoms with Crippen LogP contribution in [0.15, 0.2) is 93.2 Å². The summed E-state index contributed by atoms with van der Waals surface area (Å²) in [7, 11) is -3.84. The Morgan fingerprint density at radius 1 is 0.857 bits per heavy atom. The Morgan fingerprint density at radius 2 is 1.46 bits per heavy atom. The third-order valence-electron chi connectivity index (χ3n) is 6.73. The van der Waals surface area contributed by atoms with Gasteiger partial charge in [-0.2, -0.15) is 4.98 Å². The van der Waals surface area contributed by atoms with Gasteiger partial charge >= 0.3 is 0 Å². The van der Waals surface area contributed by atoms with Crippen molar-refractivity contribution in [2.45, 2.75) is 43.0 Å². The number of aryl methyl sites for hydroxylation is 2. The van der Waals surface area contributed by atoms with E-state index in [1.165, 1.54) is 5.56 Å². The second-order valence-corrected chi connectivity index (χ2v) is 11.3. The lowest BCUT2D eigenvalue weighted by atomic mass is 9.90. The van der Waals surface area contributed by atoms with Crippen LogP contribution in [0.3, 0.4) is 0 Å². The van der Waals surface area contributed by atoms with Crippen molar-refractivity contribution in [2.24, 2.45) is 5.92 Å². The molecule has 0 saturated carbocycles. The number of oxazole rings is 1. The fourth-order valence-corrected chi connectivity index (χ4v) is 5.93. The topological polar surface area (TPSA) is 63.4 Å². The zero-order valence-electron chi connectivity index (χ0n) is 20.1. The Bertz CT molecular complexity index is 1380. The molecule has 0 radical (unpaired) electrons. The minimum atomic E-state index is -3.84. The zero-order chi connectivity index (χ0) is 24.4. The Kier molecular flexibility index (Phi) is 6.48. The highest BCUT2D eigenvalue weighted by molar-refractivity contribution is 7.91. The number of nitrogens with zero attached hydrogens (tertiary/aromatic N) is 2. The third-order valence-corrected chi connectivity index (χ3v) is 8.40. The van der Waals surface area contributed by atoms with E-state index in [1.54, 1.807) is 12.1 Å². The molecule has 1 aromatic heterocycles. The normalized spacial score (nSPS) is 14.9. The SMILES string of the molecule is Cc1ccc(-c2nc(S(=O)(=O)c3ccc(C)cc3)c(N3CCC(Cc4ccccc4)CC3)o2)cc1. The number of hydrogen-bond donors (Lipinski definition) is 0. The van der Waals surface area contributed by atoms with Crippen molar-refractivity contribution < 1.29 is 12.8 Å². The lowest BCUT2D eigenvalue weighted by molar-refractivity contribution is 0.387. The van der Waals surface area contributed by atoms with Crippen LogP contribution in [0, 0.1) is 19.8 Å². The monoisotopic (exact) mass is 486 g/mol. The van der Waals surface area contributed by atoms with Crippen LogP contribution >= 0.6 is 0 Å². The quantitative estimate of drug-likeness (QED) is 0.322. The Labute approximate surface area is 207 Å². The van der Waals surface area contributed by atoms with Gasteiger partial charge in [-0.15, -0.1) is 0 Å². The minimum Gasteiger partial charge on any atom is -0.419 e. The van der Waals surface area contributed by atoms with Crippen molar-refractivity contribution >= 4 is 15.7 Å². The number of hydrogen-bond acceptors (Lipinski definition) is 5. The van der Waals surface area contributed by atoms with E-state index in [9.17, 15) is 8.42 Å². The second-order valence-electron chi connectivity index (χ2n) is 9.43. The molecule has 0 atom stereocenters. The highest BCUT2D eigenvalue weighted by atomic mass is 32.2. The van der Waals surface area contributed by atoms with Gasteiger partial charge in [0.1, 0.15) is 0 Å². The van der Waals surface area contributed by atoms with Gasteiger partial charge in [-0.25, -0.2) is 8.42 Å². The smallest absolute Gasteiger partial charge is 0.236 e. The largest absolute Gasteiger partial charge is 0.419 e. The molecule has 0 bridgehead atoms. The predicted molar refractivity (Wildman–Crippen MR) is 138 cm³/mol. The molecule has 2 heterocycles. The molecule has 1 fully saturated rings. The van der Waals surface area contributed by atoms with E-state index in [4.69, 9.17) is 4.42 Å².